The average Bonchev–Trinajstić information content (AvgIpc) is 3.31. The van der Waals surface area contributed by atoms with Gasteiger partial charge in [0, 0.05) is 43.2 Å². The number of amides is 1. The van der Waals surface area contributed by atoms with E-state index in [4.69, 9.17) is 4.42 Å². The molecule has 0 bridgehead atoms. The van der Waals surface area contributed by atoms with Crippen molar-refractivity contribution in [2.24, 2.45) is 7.05 Å². The van der Waals surface area contributed by atoms with Gasteiger partial charge in [-0.05, 0) is 31.0 Å². The van der Waals surface area contributed by atoms with Gasteiger partial charge in [-0.3, -0.25) is 4.79 Å². The summed E-state index contributed by atoms with van der Waals surface area (Å²) in [6.45, 7) is 0.581. The Labute approximate surface area is 162 Å². The van der Waals surface area contributed by atoms with E-state index < -0.39 is 0 Å². The van der Waals surface area contributed by atoms with Crippen LogP contribution in [0, 0.1) is 0 Å². The molecule has 1 fully saturated rings. The first-order chi connectivity index (χ1) is 13.2. The Hall–Kier alpha value is -2.28. The normalized spacial score (nSPS) is 15.3. The summed E-state index contributed by atoms with van der Waals surface area (Å²) in [5.41, 5.74) is 2.14. The molecule has 1 aliphatic rings. The second-order valence-electron chi connectivity index (χ2n) is 6.99. The Morgan fingerprint density at radius 1 is 1.33 bits per heavy atom. The molecular formula is C20H24N4O2S. The lowest BCUT2D eigenvalue weighted by molar-refractivity contribution is 0.0956. The number of thioether (sulfide) groups is 1. The summed E-state index contributed by atoms with van der Waals surface area (Å²) in [4.78, 5) is 21.3. The minimum atomic E-state index is -0.0899. The van der Waals surface area contributed by atoms with E-state index in [1.807, 2.05) is 29.9 Å². The van der Waals surface area contributed by atoms with Gasteiger partial charge in [-0.25, -0.2) is 9.97 Å². The molecule has 0 unspecified atom stereocenters. The van der Waals surface area contributed by atoms with Crippen LogP contribution in [0.5, 0.6) is 0 Å². The van der Waals surface area contributed by atoms with Gasteiger partial charge >= 0.3 is 0 Å². The molecule has 0 saturated heterocycles. The molecule has 0 radical (unpaired) electrons. The smallest absolute Gasteiger partial charge is 0.251 e. The van der Waals surface area contributed by atoms with Crippen LogP contribution in [-0.4, -0.2) is 32.7 Å². The molecule has 6 nitrogen and oxygen atoms in total. The fourth-order valence-electron chi connectivity index (χ4n) is 3.51. The maximum Gasteiger partial charge on any atom is 0.251 e. The lowest BCUT2D eigenvalue weighted by Gasteiger charge is -2.17. The number of rotatable bonds is 6. The molecule has 7 heteroatoms. The number of aryl methyl sites for hydroxylation is 1. The van der Waals surface area contributed by atoms with Crippen molar-refractivity contribution in [2.45, 2.75) is 43.2 Å². The number of oxazole rings is 1. The molecule has 0 atom stereocenters. The highest BCUT2D eigenvalue weighted by atomic mass is 32.2. The number of nitrogens with one attached hydrogen (secondary N) is 1. The molecule has 27 heavy (non-hydrogen) atoms. The average molecular weight is 385 g/mol. The molecule has 1 aromatic carbocycles. The zero-order valence-electron chi connectivity index (χ0n) is 15.5. The van der Waals surface area contributed by atoms with Crippen molar-refractivity contribution in [3.05, 3.63) is 42.0 Å². The number of hydrogen-bond donors (Lipinski definition) is 1. The van der Waals surface area contributed by atoms with Gasteiger partial charge in [0.05, 0.1) is 0 Å². The van der Waals surface area contributed by atoms with Crippen molar-refractivity contribution < 1.29 is 9.21 Å². The molecule has 1 N–H and O–H groups in total. The van der Waals surface area contributed by atoms with Crippen molar-refractivity contribution >= 4 is 28.8 Å². The molecule has 1 aliphatic carbocycles. The van der Waals surface area contributed by atoms with Crippen LogP contribution >= 0.6 is 11.8 Å². The molecule has 1 amide bonds. The number of hydrogen-bond acceptors (Lipinski definition) is 5. The predicted molar refractivity (Wildman–Crippen MR) is 106 cm³/mol. The highest BCUT2D eigenvalue weighted by molar-refractivity contribution is 7.99. The zero-order valence-corrected chi connectivity index (χ0v) is 16.3. The van der Waals surface area contributed by atoms with E-state index in [0.717, 1.165) is 35.2 Å². The van der Waals surface area contributed by atoms with E-state index in [2.05, 4.69) is 15.3 Å². The summed E-state index contributed by atoms with van der Waals surface area (Å²) in [6, 6.07) is 5.50. The fourth-order valence-corrected chi connectivity index (χ4v) is 4.29. The van der Waals surface area contributed by atoms with Crippen LogP contribution in [0.2, 0.25) is 0 Å². The monoisotopic (exact) mass is 384 g/mol. The maximum absolute atomic E-state index is 12.4. The van der Waals surface area contributed by atoms with Crippen LogP contribution in [0.3, 0.4) is 0 Å². The molecule has 1 saturated carbocycles. The number of benzene rings is 1. The second kappa shape index (κ2) is 8.17. The number of carbonyl (C=O) groups is 1. The molecule has 2 heterocycles. The first-order valence-corrected chi connectivity index (χ1v) is 10.5. The number of fused-ring (bicyclic) bond motifs is 1. The third-order valence-electron chi connectivity index (χ3n) is 5.02. The summed E-state index contributed by atoms with van der Waals surface area (Å²) >= 11 is 1.62. The largest absolute Gasteiger partial charge is 0.440 e. The second-order valence-corrected chi connectivity index (χ2v) is 8.06. The van der Waals surface area contributed by atoms with Crippen LogP contribution < -0.4 is 5.32 Å². The van der Waals surface area contributed by atoms with Crippen molar-refractivity contribution in [1.29, 1.82) is 0 Å². The van der Waals surface area contributed by atoms with Crippen molar-refractivity contribution in [2.75, 3.05) is 12.3 Å². The van der Waals surface area contributed by atoms with Crippen LogP contribution in [-0.2, 0) is 7.05 Å². The van der Waals surface area contributed by atoms with Crippen LogP contribution in [0.1, 0.15) is 54.3 Å². The van der Waals surface area contributed by atoms with Gasteiger partial charge in [0.1, 0.15) is 5.52 Å². The quantitative estimate of drug-likeness (QED) is 0.511. The summed E-state index contributed by atoms with van der Waals surface area (Å²) in [5, 5.41) is 3.90. The van der Waals surface area contributed by atoms with Gasteiger partial charge in [0.25, 0.3) is 5.91 Å². The van der Waals surface area contributed by atoms with Crippen LogP contribution in [0.4, 0.5) is 0 Å². The molecule has 0 spiro atoms. The van der Waals surface area contributed by atoms with Gasteiger partial charge in [0.2, 0.25) is 0 Å². The molecule has 0 aliphatic heterocycles. The molecule has 2 aromatic heterocycles. The number of aromatic nitrogens is 3. The highest BCUT2D eigenvalue weighted by Gasteiger charge is 2.21. The summed E-state index contributed by atoms with van der Waals surface area (Å²) in [7, 11) is 1.96. The zero-order chi connectivity index (χ0) is 18.6. The van der Waals surface area contributed by atoms with E-state index in [1.165, 1.54) is 19.3 Å². The lowest BCUT2D eigenvalue weighted by atomic mass is 9.89. The van der Waals surface area contributed by atoms with E-state index in [9.17, 15) is 4.79 Å². The Morgan fingerprint density at radius 2 is 2.19 bits per heavy atom. The Kier molecular flexibility index (Phi) is 5.48. The number of carbonyl (C=O) groups excluding carboxylic acids is 1. The van der Waals surface area contributed by atoms with E-state index >= 15 is 0 Å². The maximum atomic E-state index is 12.4. The van der Waals surface area contributed by atoms with Crippen LogP contribution in [0.15, 0.2) is 40.2 Å². The van der Waals surface area contributed by atoms with Gasteiger partial charge < -0.3 is 14.3 Å². The SMILES string of the molecule is Cn1ccnc1SCCNC(=O)c1ccc2nc(C3CCCCC3)oc2c1. The van der Waals surface area contributed by atoms with Crippen molar-refractivity contribution in [3.8, 4) is 0 Å². The first kappa shape index (κ1) is 18.1. The fraction of sp³-hybridized carbons (Fsp3) is 0.450. The summed E-state index contributed by atoms with van der Waals surface area (Å²) < 4.78 is 7.95. The standard InChI is InChI=1S/C20H24N4O2S/c1-24-11-9-22-20(24)27-12-10-21-18(25)15-7-8-16-17(13-15)26-19(23-16)14-5-3-2-4-6-14/h7-9,11,13-14H,2-6,10,12H2,1H3,(H,21,25). The minimum Gasteiger partial charge on any atom is -0.440 e. The van der Waals surface area contributed by atoms with Gasteiger partial charge in [-0.15, -0.1) is 0 Å². The van der Waals surface area contributed by atoms with Crippen molar-refractivity contribution in [3.63, 3.8) is 0 Å². The molecule has 142 valence electrons. The third-order valence-corrected chi connectivity index (χ3v) is 6.08. The van der Waals surface area contributed by atoms with Crippen LogP contribution in [0.25, 0.3) is 11.1 Å². The van der Waals surface area contributed by atoms with Gasteiger partial charge in [0.15, 0.2) is 16.6 Å². The number of imidazole rings is 1. The number of nitrogens with zero attached hydrogens (tertiary/aromatic N) is 3. The van der Waals surface area contributed by atoms with E-state index in [1.54, 1.807) is 24.0 Å². The van der Waals surface area contributed by atoms with E-state index in [0.29, 0.717) is 23.6 Å². The first-order valence-electron chi connectivity index (χ1n) is 9.49. The van der Waals surface area contributed by atoms with Gasteiger partial charge in [-0.2, -0.15) is 0 Å². The van der Waals surface area contributed by atoms with E-state index in [-0.39, 0.29) is 5.91 Å². The minimum absolute atomic E-state index is 0.0899. The predicted octanol–water partition coefficient (Wildman–Crippen LogP) is 4.13. The third kappa shape index (κ3) is 4.18. The summed E-state index contributed by atoms with van der Waals surface area (Å²) in [6.07, 6.45) is 9.77. The molecule has 4 rings (SSSR count). The van der Waals surface area contributed by atoms with Crippen molar-refractivity contribution in [1.82, 2.24) is 19.9 Å². The van der Waals surface area contributed by atoms with Gasteiger partial charge in [-0.1, -0.05) is 31.0 Å². The lowest BCUT2D eigenvalue weighted by Crippen LogP contribution is -2.25. The Bertz CT molecular complexity index is 927. The highest BCUT2D eigenvalue weighted by Crippen LogP contribution is 2.33. The molecule has 3 aromatic rings. The molecular weight excluding hydrogens is 360 g/mol. The summed E-state index contributed by atoms with van der Waals surface area (Å²) in [5.74, 6) is 1.93. The Balaban J connectivity index is 1.36. The topological polar surface area (TPSA) is 73.0 Å². The Morgan fingerprint density at radius 3 is 2.96 bits per heavy atom.